The van der Waals surface area contributed by atoms with E-state index >= 15 is 4.39 Å². The van der Waals surface area contributed by atoms with Crippen molar-refractivity contribution in [3.05, 3.63) is 117 Å². The Morgan fingerprint density at radius 2 is 1.68 bits per heavy atom. The zero-order valence-corrected chi connectivity index (χ0v) is 36.4. The fourth-order valence-electron chi connectivity index (χ4n) is 12.9. The van der Waals surface area contributed by atoms with Crippen molar-refractivity contribution in [1.29, 1.82) is 0 Å². The van der Waals surface area contributed by atoms with E-state index < -0.39 is 11.9 Å². The number of phenols is 1. The van der Waals surface area contributed by atoms with Crippen molar-refractivity contribution in [2.75, 3.05) is 51.3 Å². The number of carbonyl (C=O) groups excluding carboxylic acids is 3. The molecule has 3 saturated heterocycles. The average Bonchev–Trinajstić information content (AvgIpc) is 3.81. The Morgan fingerprint density at radius 1 is 0.905 bits per heavy atom. The lowest BCUT2D eigenvalue weighted by Gasteiger charge is -2.55. The van der Waals surface area contributed by atoms with Gasteiger partial charge in [-0.1, -0.05) is 42.5 Å². The lowest BCUT2D eigenvalue weighted by atomic mass is 9.65. The van der Waals surface area contributed by atoms with Crippen LogP contribution in [0.4, 0.5) is 10.1 Å². The standard InChI is InChI=1S/C52H57FN4O6/c1-31-22-40-48(39-27-57(50(61)46(31)39)42-12-13-45(59)54-49(42)60)63-30-52(40)18-20-55(21-19-52)26-32-14-16-51(17-15-32)28-56(29-51)43-25-44(62-2)38(24-41(43)53)47-36(33-6-4-3-5-7-33)10-8-34-23-35(58)9-11-37(34)47/h3-7,9,11,22-25,32,36,42,47,58H,8,10,12-21,26-30H2,1-2H3,(H,54,59,60)/t36-,42+,47+/m1/s1. The molecule has 3 amide bonds. The number of rotatable bonds is 7. The number of fused-ring (bicyclic) bond motifs is 5. The fraction of sp³-hybridized carbons (Fsp3) is 0.481. The summed E-state index contributed by atoms with van der Waals surface area (Å²) in [5, 5.41) is 12.7. The van der Waals surface area contributed by atoms with E-state index in [-0.39, 0.29) is 52.5 Å². The van der Waals surface area contributed by atoms with Gasteiger partial charge in [0.15, 0.2) is 0 Å². The number of likely N-dealkylation sites (tertiary alicyclic amines) is 1. The third-order valence-electron chi connectivity index (χ3n) is 16.4. The van der Waals surface area contributed by atoms with Crippen LogP contribution < -0.4 is 19.7 Å². The Balaban J connectivity index is 0.719. The molecular weight excluding hydrogens is 796 g/mol. The number of aryl methyl sites for hydroxylation is 2. The molecule has 11 rings (SSSR count). The van der Waals surface area contributed by atoms with Crippen LogP contribution in [0.25, 0.3) is 0 Å². The minimum atomic E-state index is -0.642. The Kier molecular flexibility index (Phi) is 9.86. The second-order valence-electron chi connectivity index (χ2n) is 20.0. The van der Waals surface area contributed by atoms with Gasteiger partial charge in [-0.3, -0.25) is 19.7 Å². The molecule has 0 unspecified atom stereocenters. The molecular formula is C52H57FN4O6. The predicted molar refractivity (Wildman–Crippen MR) is 237 cm³/mol. The highest BCUT2D eigenvalue weighted by atomic mass is 19.1. The number of amides is 3. The van der Waals surface area contributed by atoms with Crippen LogP contribution in [0.2, 0.25) is 0 Å². The maximum absolute atomic E-state index is 16.4. The Morgan fingerprint density at radius 3 is 2.43 bits per heavy atom. The summed E-state index contributed by atoms with van der Waals surface area (Å²) in [5.41, 5.74) is 8.79. The number of methoxy groups -OCH3 is 1. The lowest BCUT2D eigenvalue weighted by molar-refractivity contribution is -0.136. The van der Waals surface area contributed by atoms with Crippen LogP contribution in [-0.4, -0.2) is 85.1 Å². The number of hydrogen-bond acceptors (Lipinski definition) is 8. The fourth-order valence-corrected chi connectivity index (χ4v) is 12.9. The van der Waals surface area contributed by atoms with Crippen LogP contribution in [0, 0.1) is 24.1 Å². The molecule has 2 N–H and O–H groups in total. The van der Waals surface area contributed by atoms with Crippen LogP contribution in [0.1, 0.15) is 119 Å². The number of ether oxygens (including phenoxy) is 2. The largest absolute Gasteiger partial charge is 0.508 e. The molecule has 4 aromatic rings. The molecule has 7 aliphatic rings. The third-order valence-corrected chi connectivity index (χ3v) is 16.4. The SMILES string of the molecule is COc1cc(N2CC3(CCC(CN4CCC5(CC4)COc4c5cc(C)c5c4CN([C@H]4CCC(=O)NC4=O)C5=O)CC3)C2)c(F)cc1[C@@H]1c2ccc(O)cc2CC[C@@H]1c1ccccc1. The van der Waals surface area contributed by atoms with Crippen LogP contribution >= 0.6 is 0 Å². The molecule has 0 aromatic heterocycles. The molecule has 11 heteroatoms. The van der Waals surface area contributed by atoms with Crippen LogP contribution in [0.5, 0.6) is 17.2 Å². The number of aromatic hydroxyl groups is 1. The van der Waals surface area contributed by atoms with E-state index in [1.165, 1.54) is 24.0 Å². The second-order valence-corrected chi connectivity index (χ2v) is 20.0. The zero-order chi connectivity index (χ0) is 43.2. The number of phenolic OH excluding ortho intramolecular Hbond substituents is 1. The minimum Gasteiger partial charge on any atom is -0.508 e. The van der Waals surface area contributed by atoms with Crippen molar-refractivity contribution in [3.63, 3.8) is 0 Å². The number of nitrogens with one attached hydrogen (secondary N) is 1. The van der Waals surface area contributed by atoms with E-state index in [1.54, 1.807) is 24.1 Å². The maximum Gasteiger partial charge on any atom is 0.255 e. The molecule has 4 aromatic carbocycles. The monoisotopic (exact) mass is 852 g/mol. The summed E-state index contributed by atoms with van der Waals surface area (Å²) in [7, 11) is 1.69. The molecule has 1 saturated carbocycles. The highest BCUT2D eigenvalue weighted by molar-refractivity contribution is 6.06. The van der Waals surface area contributed by atoms with E-state index in [0.29, 0.717) is 42.5 Å². The summed E-state index contributed by atoms with van der Waals surface area (Å²) >= 11 is 0. The number of hydrogen-bond donors (Lipinski definition) is 2. The van der Waals surface area contributed by atoms with Gasteiger partial charge in [0.1, 0.15) is 29.1 Å². The van der Waals surface area contributed by atoms with Crippen molar-refractivity contribution in [2.45, 2.75) is 101 Å². The molecule has 3 atom stereocenters. The van der Waals surface area contributed by atoms with Crippen molar-refractivity contribution in [2.24, 2.45) is 11.3 Å². The first kappa shape index (κ1) is 40.4. The van der Waals surface area contributed by atoms with Gasteiger partial charge in [-0.05, 0) is 130 Å². The summed E-state index contributed by atoms with van der Waals surface area (Å²) in [6, 6.07) is 21.3. The Bertz CT molecular complexity index is 2500. The van der Waals surface area contributed by atoms with Crippen molar-refractivity contribution in [1.82, 2.24) is 15.1 Å². The molecule has 0 bridgehead atoms. The molecule has 0 radical (unpaired) electrons. The van der Waals surface area contributed by atoms with Crippen LogP contribution in [-0.2, 0) is 28.0 Å². The third kappa shape index (κ3) is 6.79. The minimum absolute atomic E-state index is 0.0760. The summed E-state index contributed by atoms with van der Waals surface area (Å²) in [4.78, 5) is 44.6. The summed E-state index contributed by atoms with van der Waals surface area (Å²) in [6.07, 6.45) is 9.04. The summed E-state index contributed by atoms with van der Waals surface area (Å²) < 4.78 is 29.0. The smallest absolute Gasteiger partial charge is 0.255 e. The van der Waals surface area contributed by atoms with Gasteiger partial charge in [0.2, 0.25) is 11.8 Å². The van der Waals surface area contributed by atoms with E-state index in [9.17, 15) is 19.5 Å². The average molecular weight is 853 g/mol. The van der Waals surface area contributed by atoms with E-state index in [2.05, 4.69) is 45.4 Å². The lowest BCUT2D eigenvalue weighted by Crippen LogP contribution is -2.58. The van der Waals surface area contributed by atoms with Gasteiger partial charge in [-0.25, -0.2) is 4.39 Å². The van der Waals surface area contributed by atoms with Crippen molar-refractivity contribution < 1.29 is 33.4 Å². The van der Waals surface area contributed by atoms with Gasteiger partial charge in [0, 0.05) is 65.6 Å². The van der Waals surface area contributed by atoms with E-state index in [1.807, 2.05) is 31.2 Å². The molecule has 2 spiro atoms. The van der Waals surface area contributed by atoms with Gasteiger partial charge >= 0.3 is 0 Å². The second kappa shape index (κ2) is 15.4. The number of imide groups is 1. The molecule has 328 valence electrons. The molecule has 2 aliphatic carbocycles. The molecule has 63 heavy (non-hydrogen) atoms. The van der Waals surface area contributed by atoms with Crippen molar-refractivity contribution >= 4 is 23.4 Å². The number of anilines is 1. The first-order valence-corrected chi connectivity index (χ1v) is 23.2. The van der Waals surface area contributed by atoms with Gasteiger partial charge in [-0.15, -0.1) is 0 Å². The number of piperidine rings is 2. The predicted octanol–water partition coefficient (Wildman–Crippen LogP) is 7.89. The normalized spacial score (nSPS) is 25.1. The van der Waals surface area contributed by atoms with Gasteiger partial charge in [0.25, 0.3) is 5.91 Å². The van der Waals surface area contributed by atoms with E-state index in [0.717, 1.165) is 105 Å². The first-order valence-electron chi connectivity index (χ1n) is 23.2. The summed E-state index contributed by atoms with van der Waals surface area (Å²) in [5.74, 6) is 1.49. The highest BCUT2D eigenvalue weighted by Gasteiger charge is 2.50. The number of halogens is 1. The van der Waals surface area contributed by atoms with Gasteiger partial charge in [0.05, 0.1) is 31.5 Å². The van der Waals surface area contributed by atoms with Crippen LogP contribution in [0.3, 0.4) is 0 Å². The molecule has 4 fully saturated rings. The molecule has 5 aliphatic heterocycles. The number of nitrogens with zero attached hydrogens (tertiary/aromatic N) is 3. The highest BCUT2D eigenvalue weighted by Crippen LogP contribution is 2.54. The summed E-state index contributed by atoms with van der Waals surface area (Å²) in [6.45, 7) is 7.79. The molecule has 10 nitrogen and oxygen atoms in total. The zero-order valence-electron chi connectivity index (χ0n) is 36.4. The molecule has 5 heterocycles. The van der Waals surface area contributed by atoms with E-state index in [4.69, 9.17) is 9.47 Å². The number of benzene rings is 4. The van der Waals surface area contributed by atoms with Gasteiger partial charge < -0.3 is 29.3 Å². The number of carbonyl (C=O) groups is 3. The Hall–Kier alpha value is -5.42. The van der Waals surface area contributed by atoms with Crippen molar-refractivity contribution in [3.8, 4) is 17.2 Å². The van der Waals surface area contributed by atoms with Crippen LogP contribution in [0.15, 0.2) is 66.7 Å². The Labute approximate surface area is 368 Å². The maximum atomic E-state index is 16.4. The first-order chi connectivity index (χ1) is 30.5. The topological polar surface area (TPSA) is 112 Å². The quantitative estimate of drug-likeness (QED) is 0.181. The van der Waals surface area contributed by atoms with Gasteiger partial charge in [-0.2, -0.15) is 0 Å².